The summed E-state index contributed by atoms with van der Waals surface area (Å²) in [6.45, 7) is 15.8. The molecule has 2 nitrogen and oxygen atoms in total. The summed E-state index contributed by atoms with van der Waals surface area (Å²) in [6, 6.07) is 7.36. The predicted octanol–water partition coefficient (Wildman–Crippen LogP) is 4.47. The van der Waals surface area contributed by atoms with Crippen LogP contribution in [0.5, 0.6) is 0 Å². The Kier molecular flexibility index (Phi) is 8.63. The third-order valence-electron chi connectivity index (χ3n) is 4.09. The molecule has 120 valence electrons. The molecule has 1 atom stereocenters. The van der Waals surface area contributed by atoms with Crippen molar-refractivity contribution < 1.29 is 0 Å². The second kappa shape index (κ2) is 9.97. The molecule has 0 bridgehead atoms. The Morgan fingerprint density at radius 2 is 1.62 bits per heavy atom. The van der Waals surface area contributed by atoms with Gasteiger partial charge in [0, 0.05) is 12.6 Å². The van der Waals surface area contributed by atoms with Gasteiger partial charge in [0.1, 0.15) is 0 Å². The molecule has 2 heteroatoms. The monoisotopic (exact) mass is 290 g/mol. The zero-order valence-corrected chi connectivity index (χ0v) is 14.7. The minimum atomic E-state index is 0.447. The molecule has 0 amide bonds. The first-order valence-electron chi connectivity index (χ1n) is 8.65. The highest BCUT2D eigenvalue weighted by atomic mass is 15.1. The largest absolute Gasteiger partial charge is 0.309 e. The molecule has 0 aliphatic heterocycles. The van der Waals surface area contributed by atoms with Gasteiger partial charge in [0.05, 0.1) is 0 Å². The fourth-order valence-corrected chi connectivity index (χ4v) is 2.77. The lowest BCUT2D eigenvalue weighted by Crippen LogP contribution is -2.36. The third kappa shape index (κ3) is 6.19. The van der Waals surface area contributed by atoms with Gasteiger partial charge in [-0.1, -0.05) is 39.0 Å². The molecule has 0 radical (unpaired) electrons. The lowest BCUT2D eigenvalue weighted by molar-refractivity contribution is 0.243. The Morgan fingerprint density at radius 3 is 2.14 bits per heavy atom. The van der Waals surface area contributed by atoms with Crippen LogP contribution in [0, 0.1) is 13.8 Å². The van der Waals surface area contributed by atoms with Gasteiger partial charge in [-0.05, 0) is 69.4 Å². The number of rotatable bonds is 10. The average Bonchev–Trinajstić information content (AvgIpc) is 2.47. The van der Waals surface area contributed by atoms with Gasteiger partial charge in [-0.25, -0.2) is 0 Å². The number of benzene rings is 1. The van der Waals surface area contributed by atoms with Crippen LogP contribution in [-0.2, 0) is 0 Å². The van der Waals surface area contributed by atoms with Crippen molar-refractivity contribution in [2.45, 2.75) is 59.9 Å². The molecule has 1 rings (SSSR count). The number of nitrogens with one attached hydrogen (secondary N) is 1. The normalized spacial score (nSPS) is 12.9. The van der Waals surface area contributed by atoms with E-state index in [9.17, 15) is 0 Å². The maximum atomic E-state index is 3.74. The van der Waals surface area contributed by atoms with Crippen LogP contribution in [-0.4, -0.2) is 31.1 Å². The van der Waals surface area contributed by atoms with Crippen molar-refractivity contribution >= 4 is 0 Å². The van der Waals surface area contributed by atoms with E-state index in [1.54, 1.807) is 0 Å². The first-order valence-corrected chi connectivity index (χ1v) is 8.65. The van der Waals surface area contributed by atoms with Crippen molar-refractivity contribution in [2.24, 2.45) is 0 Å². The molecule has 0 saturated heterocycles. The van der Waals surface area contributed by atoms with Crippen LogP contribution in [0.25, 0.3) is 0 Å². The van der Waals surface area contributed by atoms with Crippen molar-refractivity contribution in [1.82, 2.24) is 10.2 Å². The number of hydrogen-bond acceptors (Lipinski definition) is 2. The minimum Gasteiger partial charge on any atom is -0.309 e. The first-order chi connectivity index (χ1) is 10.1. The van der Waals surface area contributed by atoms with Gasteiger partial charge in [0.15, 0.2) is 0 Å². The minimum absolute atomic E-state index is 0.447. The second-order valence-corrected chi connectivity index (χ2v) is 6.15. The first kappa shape index (κ1) is 18.2. The summed E-state index contributed by atoms with van der Waals surface area (Å²) in [6.07, 6.45) is 3.64. The number of hydrogen-bond donors (Lipinski definition) is 1. The van der Waals surface area contributed by atoms with E-state index in [1.807, 2.05) is 0 Å². The van der Waals surface area contributed by atoms with E-state index in [1.165, 1.54) is 49.0 Å². The summed E-state index contributed by atoms with van der Waals surface area (Å²) in [5.41, 5.74) is 4.21. The van der Waals surface area contributed by atoms with Crippen LogP contribution >= 0.6 is 0 Å². The molecule has 0 aliphatic rings. The van der Waals surface area contributed by atoms with Crippen LogP contribution < -0.4 is 5.32 Å². The summed E-state index contributed by atoms with van der Waals surface area (Å²) in [5.74, 6) is 0. The van der Waals surface area contributed by atoms with Crippen LogP contribution in [0.4, 0.5) is 0 Å². The fourth-order valence-electron chi connectivity index (χ4n) is 2.77. The Hall–Kier alpha value is -0.860. The highest BCUT2D eigenvalue weighted by Crippen LogP contribution is 2.19. The third-order valence-corrected chi connectivity index (χ3v) is 4.09. The van der Waals surface area contributed by atoms with Gasteiger partial charge in [0.2, 0.25) is 0 Å². The molecule has 0 heterocycles. The standard InChI is InChI=1S/C19H34N2/c1-6-11-20-19(15-21(12-7-2)13-8-3)18-10-9-16(4)17(5)14-18/h9-10,14,19-20H,6-8,11-13,15H2,1-5H3. The molecule has 0 fully saturated rings. The Balaban J connectivity index is 2.84. The van der Waals surface area contributed by atoms with E-state index in [4.69, 9.17) is 0 Å². The molecule has 0 spiro atoms. The van der Waals surface area contributed by atoms with E-state index in [0.717, 1.165) is 13.1 Å². The summed E-state index contributed by atoms with van der Waals surface area (Å²) < 4.78 is 0. The molecule has 1 unspecified atom stereocenters. The van der Waals surface area contributed by atoms with Crippen LogP contribution in [0.3, 0.4) is 0 Å². The van der Waals surface area contributed by atoms with Crippen molar-refractivity contribution in [3.8, 4) is 0 Å². The van der Waals surface area contributed by atoms with E-state index in [2.05, 4.69) is 63.0 Å². The quantitative estimate of drug-likeness (QED) is 0.684. The molecule has 0 aromatic heterocycles. The smallest absolute Gasteiger partial charge is 0.0449 e. The van der Waals surface area contributed by atoms with Gasteiger partial charge in [-0.3, -0.25) is 0 Å². The SMILES string of the molecule is CCCNC(CN(CCC)CCC)c1ccc(C)c(C)c1. The summed E-state index contributed by atoms with van der Waals surface area (Å²) >= 11 is 0. The van der Waals surface area contributed by atoms with Gasteiger partial charge < -0.3 is 10.2 Å². The van der Waals surface area contributed by atoms with Crippen molar-refractivity contribution in [3.63, 3.8) is 0 Å². The van der Waals surface area contributed by atoms with E-state index < -0.39 is 0 Å². The highest BCUT2D eigenvalue weighted by Gasteiger charge is 2.15. The van der Waals surface area contributed by atoms with Gasteiger partial charge in [-0.15, -0.1) is 0 Å². The van der Waals surface area contributed by atoms with Crippen molar-refractivity contribution in [2.75, 3.05) is 26.2 Å². The molecule has 0 saturated carbocycles. The maximum Gasteiger partial charge on any atom is 0.0449 e. The lowest BCUT2D eigenvalue weighted by Gasteiger charge is -2.28. The van der Waals surface area contributed by atoms with Gasteiger partial charge in [-0.2, -0.15) is 0 Å². The Morgan fingerprint density at radius 1 is 0.952 bits per heavy atom. The molecule has 1 aromatic carbocycles. The van der Waals surface area contributed by atoms with Crippen LogP contribution in [0.1, 0.15) is 62.8 Å². The van der Waals surface area contributed by atoms with Crippen LogP contribution in [0.15, 0.2) is 18.2 Å². The maximum absolute atomic E-state index is 3.74. The highest BCUT2D eigenvalue weighted by molar-refractivity contribution is 5.32. The second-order valence-electron chi connectivity index (χ2n) is 6.15. The van der Waals surface area contributed by atoms with E-state index in [-0.39, 0.29) is 0 Å². The topological polar surface area (TPSA) is 15.3 Å². The van der Waals surface area contributed by atoms with Gasteiger partial charge in [0.25, 0.3) is 0 Å². The van der Waals surface area contributed by atoms with E-state index >= 15 is 0 Å². The zero-order chi connectivity index (χ0) is 15.7. The molecule has 1 aromatic rings. The Bertz CT molecular complexity index is 395. The predicted molar refractivity (Wildman–Crippen MR) is 94.0 cm³/mol. The van der Waals surface area contributed by atoms with Crippen molar-refractivity contribution in [1.29, 1.82) is 0 Å². The number of aryl methyl sites for hydroxylation is 2. The molecule has 1 N–H and O–H groups in total. The van der Waals surface area contributed by atoms with E-state index in [0.29, 0.717) is 6.04 Å². The Labute approximate surface area is 131 Å². The molecular formula is C19H34N2. The average molecular weight is 290 g/mol. The zero-order valence-electron chi connectivity index (χ0n) is 14.7. The lowest BCUT2D eigenvalue weighted by atomic mass is 10.00. The summed E-state index contributed by atoms with van der Waals surface area (Å²) in [5, 5.41) is 3.74. The molecule has 21 heavy (non-hydrogen) atoms. The van der Waals surface area contributed by atoms with Crippen molar-refractivity contribution in [3.05, 3.63) is 34.9 Å². The van der Waals surface area contributed by atoms with Crippen LogP contribution in [0.2, 0.25) is 0 Å². The fraction of sp³-hybridized carbons (Fsp3) is 0.684. The summed E-state index contributed by atoms with van der Waals surface area (Å²) in [4.78, 5) is 2.60. The molecule has 0 aliphatic carbocycles. The number of nitrogens with zero attached hydrogens (tertiary/aromatic N) is 1. The summed E-state index contributed by atoms with van der Waals surface area (Å²) in [7, 11) is 0. The van der Waals surface area contributed by atoms with Gasteiger partial charge >= 0.3 is 0 Å². The molecular weight excluding hydrogens is 256 g/mol.